The van der Waals surface area contributed by atoms with Gasteiger partial charge in [-0.2, -0.15) is 8.42 Å². The summed E-state index contributed by atoms with van der Waals surface area (Å²) in [7, 11) is -4.45. The number of hydrogen-bond acceptors (Lipinski definition) is 7. The molecule has 0 radical (unpaired) electrons. The van der Waals surface area contributed by atoms with Gasteiger partial charge in [0.05, 0.1) is 6.42 Å². The van der Waals surface area contributed by atoms with E-state index >= 15 is 0 Å². The largest absolute Gasteiger partial charge is 0.477 e. The number of nitrogens with two attached hydrogens (primary N) is 2. The van der Waals surface area contributed by atoms with Crippen LogP contribution in [0.3, 0.4) is 0 Å². The Balaban J connectivity index is 2.67. The van der Waals surface area contributed by atoms with Gasteiger partial charge in [-0.05, 0) is 61.7 Å². The number of carbonyl (C=O) groups excluding carboxylic acids is 1. The molecule has 0 fully saturated rings. The SMILES string of the molecule is CC(C)C[N+](C(=O)CCc1cccnc1)([C@@H](CCCCN)C(=O)O)S(=O)(=O)c1ccc(N)cc1. The summed E-state index contributed by atoms with van der Waals surface area (Å²) < 4.78 is 27.1. The van der Waals surface area contributed by atoms with Crippen LogP contribution in [0.1, 0.15) is 45.1 Å². The minimum absolute atomic E-state index is 0.00604. The molecular formula is C24H35N4O5S+. The fourth-order valence-electron chi connectivity index (χ4n) is 4.15. The van der Waals surface area contributed by atoms with Gasteiger partial charge in [0.25, 0.3) is 0 Å². The lowest BCUT2D eigenvalue weighted by Gasteiger charge is -2.40. The van der Waals surface area contributed by atoms with Gasteiger partial charge in [-0.3, -0.25) is 4.98 Å². The van der Waals surface area contributed by atoms with Gasteiger partial charge in [-0.25, -0.2) is 9.59 Å². The van der Waals surface area contributed by atoms with Gasteiger partial charge < -0.3 is 16.6 Å². The molecule has 1 heterocycles. The molecule has 1 amide bonds. The summed E-state index contributed by atoms with van der Waals surface area (Å²) in [4.78, 5) is 30.3. The zero-order valence-corrected chi connectivity index (χ0v) is 20.6. The van der Waals surface area contributed by atoms with Crippen molar-refractivity contribution >= 4 is 27.6 Å². The molecule has 0 saturated carbocycles. The average Bonchev–Trinajstić information content (AvgIpc) is 2.79. The van der Waals surface area contributed by atoms with E-state index in [1.165, 1.54) is 24.3 Å². The van der Waals surface area contributed by atoms with Crippen LogP contribution in [0, 0.1) is 5.92 Å². The Morgan fingerprint density at radius 1 is 1.12 bits per heavy atom. The highest BCUT2D eigenvalue weighted by molar-refractivity contribution is 7.86. The summed E-state index contributed by atoms with van der Waals surface area (Å²) in [6.07, 6.45) is 4.23. The van der Waals surface area contributed by atoms with Crippen LogP contribution in [0.4, 0.5) is 5.69 Å². The lowest BCUT2D eigenvalue weighted by atomic mass is 10.0. The Bertz CT molecular complexity index is 1060. The lowest BCUT2D eigenvalue weighted by molar-refractivity contribution is -0.753. The quantitative estimate of drug-likeness (QED) is 0.219. The van der Waals surface area contributed by atoms with Gasteiger partial charge in [0.1, 0.15) is 11.4 Å². The first kappa shape index (κ1) is 27.4. The summed E-state index contributed by atoms with van der Waals surface area (Å²) in [5, 5.41) is 10.2. The lowest BCUT2D eigenvalue weighted by Crippen LogP contribution is -2.66. The number of hydrogen-bond donors (Lipinski definition) is 3. The van der Waals surface area contributed by atoms with Gasteiger partial charge in [0.2, 0.25) is 6.04 Å². The predicted molar refractivity (Wildman–Crippen MR) is 130 cm³/mol. The number of carboxylic acid groups (broad SMARTS) is 1. The molecular weight excluding hydrogens is 456 g/mol. The molecule has 2 aromatic rings. The Labute approximate surface area is 201 Å². The monoisotopic (exact) mass is 491 g/mol. The second-order valence-electron chi connectivity index (χ2n) is 8.81. The number of aliphatic carboxylic acids is 1. The normalized spacial score (nSPS) is 14.5. The van der Waals surface area contributed by atoms with E-state index in [0.717, 1.165) is 5.56 Å². The maximum atomic E-state index is 14.1. The molecule has 0 saturated heterocycles. The minimum atomic E-state index is -4.45. The minimum Gasteiger partial charge on any atom is -0.477 e. The van der Waals surface area contributed by atoms with Gasteiger partial charge in [-0.15, -0.1) is 3.89 Å². The highest BCUT2D eigenvalue weighted by Crippen LogP contribution is 2.34. The summed E-state index contributed by atoms with van der Waals surface area (Å²) in [6.45, 7) is 3.73. The van der Waals surface area contributed by atoms with Crippen LogP contribution in [0.2, 0.25) is 0 Å². The van der Waals surface area contributed by atoms with Crippen molar-refractivity contribution in [1.82, 2.24) is 4.98 Å². The maximum absolute atomic E-state index is 14.1. The number of rotatable bonds is 13. The Kier molecular flexibility index (Phi) is 9.72. The van der Waals surface area contributed by atoms with Crippen LogP contribution in [-0.4, -0.2) is 53.4 Å². The number of nitrogens with zero attached hydrogens (tertiary/aromatic N) is 2. The van der Waals surface area contributed by atoms with Crippen LogP contribution in [0.15, 0.2) is 53.7 Å². The smallest absolute Gasteiger partial charge is 0.364 e. The number of sulfonamides is 1. The molecule has 9 nitrogen and oxygen atoms in total. The second-order valence-corrected chi connectivity index (χ2v) is 10.9. The van der Waals surface area contributed by atoms with Crippen LogP contribution >= 0.6 is 0 Å². The molecule has 1 unspecified atom stereocenters. The van der Waals surface area contributed by atoms with E-state index in [2.05, 4.69) is 4.98 Å². The average molecular weight is 492 g/mol. The number of aromatic nitrogens is 1. The number of aryl methyl sites for hydroxylation is 1. The summed E-state index contributed by atoms with van der Waals surface area (Å²) >= 11 is 0. The van der Waals surface area contributed by atoms with Crippen molar-refractivity contribution in [2.24, 2.45) is 11.7 Å². The van der Waals surface area contributed by atoms with Crippen molar-refractivity contribution in [2.45, 2.75) is 56.9 Å². The summed E-state index contributed by atoms with van der Waals surface area (Å²) in [6, 6.07) is 7.56. The number of benzene rings is 1. The van der Waals surface area contributed by atoms with Crippen LogP contribution in [0.5, 0.6) is 0 Å². The second kappa shape index (κ2) is 12.0. The Morgan fingerprint density at radius 3 is 2.32 bits per heavy atom. The standard InChI is InChI=1S/C24H34N4O5S/c1-18(2)17-28(22(24(30)31)7-3-4-14-25,23(29)13-8-19-6-5-15-27-16-19)34(32,33)21-11-9-20(26)10-12-21/h5-6,9-12,15-16,18,22H,3-4,7-8,13-14,17,25-26H2,1-2H3/p+1/t22-,28?/m0/s1. The molecule has 10 heteroatoms. The molecule has 0 bridgehead atoms. The fourth-order valence-corrected chi connectivity index (χ4v) is 6.39. The molecule has 2 atom stereocenters. The molecule has 0 aliphatic carbocycles. The van der Waals surface area contributed by atoms with Crippen molar-refractivity contribution in [3.05, 3.63) is 54.4 Å². The molecule has 1 aromatic heterocycles. The Morgan fingerprint density at radius 2 is 1.79 bits per heavy atom. The number of unbranched alkanes of at least 4 members (excludes halogenated alkanes) is 1. The van der Waals surface area contributed by atoms with E-state index < -0.39 is 31.8 Å². The topological polar surface area (TPSA) is 153 Å². The number of amides is 1. The van der Waals surface area contributed by atoms with E-state index in [4.69, 9.17) is 11.5 Å². The van der Waals surface area contributed by atoms with Gasteiger partial charge in [-0.1, -0.05) is 19.9 Å². The summed E-state index contributed by atoms with van der Waals surface area (Å²) in [5.74, 6) is -2.26. The van der Waals surface area contributed by atoms with Crippen LogP contribution in [-0.2, 0) is 26.0 Å². The van der Waals surface area contributed by atoms with Crippen molar-refractivity contribution in [2.75, 3.05) is 18.8 Å². The Hall–Kier alpha value is -2.82. The first-order chi connectivity index (χ1) is 16.1. The van der Waals surface area contributed by atoms with Crippen molar-refractivity contribution in [3.63, 3.8) is 0 Å². The molecule has 2 rings (SSSR count). The van der Waals surface area contributed by atoms with Crippen molar-refractivity contribution in [3.8, 4) is 0 Å². The maximum Gasteiger partial charge on any atom is 0.364 e. The highest BCUT2D eigenvalue weighted by atomic mass is 32.2. The third kappa shape index (κ3) is 6.19. The highest BCUT2D eigenvalue weighted by Gasteiger charge is 2.57. The number of nitrogen functional groups attached to an aromatic ring is 1. The zero-order chi connectivity index (χ0) is 25.4. The first-order valence-corrected chi connectivity index (χ1v) is 12.8. The van der Waals surface area contributed by atoms with Gasteiger partial charge in [0, 0.05) is 30.4 Å². The third-order valence-electron chi connectivity index (χ3n) is 5.74. The molecule has 186 valence electrons. The number of quaternary nitrogens is 1. The molecule has 34 heavy (non-hydrogen) atoms. The van der Waals surface area contributed by atoms with Crippen LogP contribution < -0.4 is 11.5 Å². The van der Waals surface area contributed by atoms with E-state index in [-0.39, 0.29) is 36.6 Å². The van der Waals surface area contributed by atoms with E-state index in [1.807, 2.05) is 0 Å². The van der Waals surface area contributed by atoms with Crippen LogP contribution in [0.25, 0.3) is 0 Å². The predicted octanol–water partition coefficient (Wildman–Crippen LogP) is 2.57. The van der Waals surface area contributed by atoms with Crippen molar-refractivity contribution < 1.29 is 27.0 Å². The number of pyridine rings is 1. The van der Waals surface area contributed by atoms with E-state index in [1.54, 1.807) is 38.4 Å². The molecule has 1 aromatic carbocycles. The zero-order valence-electron chi connectivity index (χ0n) is 19.8. The molecule has 0 spiro atoms. The van der Waals surface area contributed by atoms with Gasteiger partial charge >= 0.3 is 21.9 Å². The van der Waals surface area contributed by atoms with E-state index in [0.29, 0.717) is 25.1 Å². The molecule has 0 aliphatic heterocycles. The van der Waals surface area contributed by atoms with Gasteiger partial charge in [0.15, 0.2) is 0 Å². The molecule has 0 aliphatic rings. The summed E-state index contributed by atoms with van der Waals surface area (Å²) in [5.41, 5.74) is 12.5. The third-order valence-corrected chi connectivity index (χ3v) is 8.07. The number of carbonyl (C=O) groups is 2. The van der Waals surface area contributed by atoms with E-state index in [9.17, 15) is 23.1 Å². The molecule has 5 N–H and O–H groups in total. The number of carboxylic acids is 1. The first-order valence-electron chi connectivity index (χ1n) is 11.4. The van der Waals surface area contributed by atoms with Crippen molar-refractivity contribution in [1.29, 1.82) is 0 Å². The number of anilines is 1. The fraction of sp³-hybridized carbons (Fsp3) is 0.458.